The Morgan fingerprint density at radius 3 is 2.67 bits per heavy atom. The van der Waals surface area contributed by atoms with Gasteiger partial charge in [0.2, 0.25) is 5.88 Å². The molecule has 0 aromatic carbocycles. The Balaban J connectivity index is 3.20. The number of pyridine rings is 1. The zero-order valence-corrected chi connectivity index (χ0v) is 6.36. The number of rotatable bonds is 2. The summed E-state index contributed by atoms with van der Waals surface area (Å²) in [6.45, 7) is 0. The first-order chi connectivity index (χ1) is 5.66. The molecule has 0 aliphatic heterocycles. The van der Waals surface area contributed by atoms with Crippen molar-refractivity contribution in [1.82, 2.24) is 4.98 Å². The lowest BCUT2D eigenvalue weighted by molar-refractivity contribution is 0.386. The van der Waals surface area contributed by atoms with E-state index in [1.807, 2.05) is 0 Å². The smallest absolute Gasteiger partial charge is 0.481 e. The molecule has 64 valence electrons. The maximum absolute atomic E-state index is 12.8. The van der Waals surface area contributed by atoms with E-state index in [9.17, 15) is 4.39 Å². The summed E-state index contributed by atoms with van der Waals surface area (Å²) < 4.78 is 17.5. The van der Waals surface area contributed by atoms with E-state index in [1.165, 1.54) is 13.3 Å². The molecule has 0 saturated carbocycles. The van der Waals surface area contributed by atoms with Gasteiger partial charge in [0.15, 0.2) is 0 Å². The van der Waals surface area contributed by atoms with Gasteiger partial charge >= 0.3 is 7.12 Å². The molecule has 2 N–H and O–H groups in total. The SMILES string of the molecule is COc1nccc(F)c1B(O)O. The van der Waals surface area contributed by atoms with Crippen molar-refractivity contribution in [3.8, 4) is 5.88 Å². The van der Waals surface area contributed by atoms with Crippen LogP contribution in [0.1, 0.15) is 0 Å². The van der Waals surface area contributed by atoms with Crippen LogP contribution in [0.15, 0.2) is 12.3 Å². The third kappa shape index (κ3) is 1.54. The minimum atomic E-state index is -1.91. The van der Waals surface area contributed by atoms with Gasteiger partial charge in [-0.3, -0.25) is 0 Å². The predicted molar refractivity (Wildman–Crippen MR) is 40.6 cm³/mol. The molecule has 0 saturated heterocycles. The number of ether oxygens (including phenoxy) is 1. The molecule has 1 aromatic rings. The lowest BCUT2D eigenvalue weighted by Gasteiger charge is -2.05. The van der Waals surface area contributed by atoms with Gasteiger partial charge in [-0.1, -0.05) is 0 Å². The van der Waals surface area contributed by atoms with Crippen LogP contribution in [-0.2, 0) is 0 Å². The van der Waals surface area contributed by atoms with Gasteiger partial charge < -0.3 is 14.8 Å². The van der Waals surface area contributed by atoms with E-state index in [2.05, 4.69) is 9.72 Å². The van der Waals surface area contributed by atoms with Gasteiger partial charge in [0.25, 0.3) is 0 Å². The van der Waals surface area contributed by atoms with Crippen LogP contribution >= 0.6 is 0 Å². The summed E-state index contributed by atoms with van der Waals surface area (Å²) in [5, 5.41) is 17.4. The van der Waals surface area contributed by atoms with Crippen LogP contribution in [0.3, 0.4) is 0 Å². The van der Waals surface area contributed by atoms with Gasteiger partial charge in [-0.2, -0.15) is 0 Å². The molecule has 0 unspecified atom stereocenters. The van der Waals surface area contributed by atoms with Crippen LogP contribution in [0.2, 0.25) is 0 Å². The third-order valence-corrected chi connectivity index (χ3v) is 1.35. The Morgan fingerprint density at radius 1 is 1.58 bits per heavy atom. The second-order valence-electron chi connectivity index (χ2n) is 2.09. The quantitative estimate of drug-likeness (QED) is 0.555. The zero-order valence-electron chi connectivity index (χ0n) is 6.36. The molecule has 1 rings (SSSR count). The van der Waals surface area contributed by atoms with Gasteiger partial charge in [0.1, 0.15) is 5.82 Å². The van der Waals surface area contributed by atoms with Crippen LogP contribution in [0, 0.1) is 5.82 Å². The second kappa shape index (κ2) is 3.51. The Hall–Kier alpha value is -1.14. The standard InChI is InChI=1S/C6H7BFNO3/c1-12-6-5(7(10)11)4(8)2-3-9-6/h2-3,10-11H,1H3. The van der Waals surface area contributed by atoms with Crippen molar-refractivity contribution in [3.63, 3.8) is 0 Å². The molecular weight excluding hydrogens is 164 g/mol. The van der Waals surface area contributed by atoms with E-state index in [0.717, 1.165) is 6.07 Å². The molecule has 0 fully saturated rings. The van der Waals surface area contributed by atoms with Crippen LogP contribution in [-0.4, -0.2) is 29.3 Å². The molecule has 12 heavy (non-hydrogen) atoms. The van der Waals surface area contributed by atoms with Crippen molar-refractivity contribution in [1.29, 1.82) is 0 Å². The lowest BCUT2D eigenvalue weighted by atomic mass is 9.80. The van der Waals surface area contributed by atoms with E-state index < -0.39 is 12.9 Å². The fourth-order valence-corrected chi connectivity index (χ4v) is 0.828. The summed E-state index contributed by atoms with van der Waals surface area (Å²) in [7, 11) is -0.637. The second-order valence-corrected chi connectivity index (χ2v) is 2.09. The van der Waals surface area contributed by atoms with E-state index in [4.69, 9.17) is 10.0 Å². The molecule has 0 radical (unpaired) electrons. The topological polar surface area (TPSA) is 62.6 Å². The van der Waals surface area contributed by atoms with Crippen molar-refractivity contribution in [2.75, 3.05) is 7.11 Å². The first-order valence-electron chi connectivity index (χ1n) is 3.21. The molecule has 0 aliphatic carbocycles. The van der Waals surface area contributed by atoms with E-state index >= 15 is 0 Å². The van der Waals surface area contributed by atoms with Gasteiger partial charge in [0, 0.05) is 6.20 Å². The maximum atomic E-state index is 12.8. The summed E-state index contributed by atoms with van der Waals surface area (Å²) in [4.78, 5) is 3.60. The minimum Gasteiger partial charge on any atom is -0.481 e. The number of halogens is 1. The molecule has 6 heteroatoms. The number of hydrogen-bond acceptors (Lipinski definition) is 4. The van der Waals surface area contributed by atoms with Gasteiger partial charge in [-0.15, -0.1) is 0 Å². The molecule has 0 aliphatic rings. The number of hydrogen-bond donors (Lipinski definition) is 2. The average molecular weight is 171 g/mol. The average Bonchev–Trinajstić information content (AvgIpc) is 2.03. The summed E-state index contributed by atoms with van der Waals surface area (Å²) in [6, 6.07) is 1.03. The highest BCUT2D eigenvalue weighted by molar-refractivity contribution is 6.59. The number of methoxy groups -OCH3 is 1. The van der Waals surface area contributed by atoms with Crippen molar-refractivity contribution in [2.24, 2.45) is 0 Å². The number of aromatic nitrogens is 1. The fourth-order valence-electron chi connectivity index (χ4n) is 0.828. The molecule has 0 bridgehead atoms. The fraction of sp³-hybridized carbons (Fsp3) is 0.167. The number of nitrogens with zero attached hydrogens (tertiary/aromatic N) is 1. The molecule has 0 amide bonds. The summed E-state index contributed by atoms with van der Waals surface area (Å²) >= 11 is 0. The first-order valence-corrected chi connectivity index (χ1v) is 3.21. The van der Waals surface area contributed by atoms with E-state index in [0.29, 0.717) is 0 Å². The van der Waals surface area contributed by atoms with Crippen LogP contribution < -0.4 is 10.2 Å². The molecule has 0 spiro atoms. The van der Waals surface area contributed by atoms with Crippen LogP contribution in [0.5, 0.6) is 5.88 Å². The van der Waals surface area contributed by atoms with Crippen molar-refractivity contribution < 1.29 is 19.2 Å². The third-order valence-electron chi connectivity index (χ3n) is 1.35. The normalized spacial score (nSPS) is 9.67. The van der Waals surface area contributed by atoms with Crippen molar-refractivity contribution in [2.45, 2.75) is 0 Å². The summed E-state index contributed by atoms with van der Waals surface area (Å²) in [6.07, 6.45) is 1.18. The highest BCUT2D eigenvalue weighted by Gasteiger charge is 2.22. The predicted octanol–water partition coefficient (Wildman–Crippen LogP) is -1.09. The Bertz CT molecular complexity index is 281. The van der Waals surface area contributed by atoms with Gasteiger partial charge in [0.05, 0.1) is 12.6 Å². The maximum Gasteiger partial charge on any atom is 0.497 e. The molecule has 1 heterocycles. The highest BCUT2D eigenvalue weighted by atomic mass is 19.1. The summed E-state index contributed by atoms with van der Waals surface area (Å²) in [5.74, 6) is -0.873. The van der Waals surface area contributed by atoms with Crippen molar-refractivity contribution in [3.05, 3.63) is 18.1 Å². The monoisotopic (exact) mass is 171 g/mol. The van der Waals surface area contributed by atoms with Gasteiger partial charge in [-0.25, -0.2) is 9.37 Å². The van der Waals surface area contributed by atoms with Crippen molar-refractivity contribution >= 4 is 12.6 Å². The lowest BCUT2D eigenvalue weighted by Crippen LogP contribution is -2.34. The van der Waals surface area contributed by atoms with E-state index in [-0.39, 0.29) is 11.3 Å². The minimum absolute atomic E-state index is 0.120. The molecule has 4 nitrogen and oxygen atoms in total. The highest BCUT2D eigenvalue weighted by Crippen LogP contribution is 2.04. The first kappa shape index (κ1) is 8.96. The largest absolute Gasteiger partial charge is 0.497 e. The summed E-state index contributed by atoms with van der Waals surface area (Å²) in [5.41, 5.74) is -0.347. The molecule has 0 atom stereocenters. The Morgan fingerprint density at radius 2 is 2.25 bits per heavy atom. The Kier molecular flexibility index (Phi) is 2.62. The zero-order chi connectivity index (χ0) is 9.14. The van der Waals surface area contributed by atoms with E-state index in [1.54, 1.807) is 0 Å². The molecular formula is C6H7BFNO3. The molecule has 1 aromatic heterocycles. The van der Waals surface area contributed by atoms with Crippen LogP contribution in [0.4, 0.5) is 4.39 Å². The van der Waals surface area contributed by atoms with Gasteiger partial charge in [-0.05, 0) is 6.07 Å². The van der Waals surface area contributed by atoms with Crippen LogP contribution in [0.25, 0.3) is 0 Å². The Labute approximate surface area is 68.8 Å².